The minimum absolute atomic E-state index is 0.0847. The molecule has 0 saturated heterocycles. The molecule has 1 aliphatic rings. The third-order valence-corrected chi connectivity index (χ3v) is 5.85. The number of benzene rings is 2. The van der Waals surface area contributed by atoms with Crippen molar-refractivity contribution in [2.75, 3.05) is 0 Å². The van der Waals surface area contributed by atoms with Gasteiger partial charge in [0, 0.05) is 12.6 Å². The van der Waals surface area contributed by atoms with Crippen molar-refractivity contribution in [3.05, 3.63) is 87.7 Å². The lowest BCUT2D eigenvalue weighted by Crippen LogP contribution is -2.30. The van der Waals surface area contributed by atoms with Crippen LogP contribution in [-0.2, 0) is 13.0 Å². The van der Waals surface area contributed by atoms with Crippen LogP contribution in [0.2, 0.25) is 0 Å². The zero-order chi connectivity index (χ0) is 25.4. The van der Waals surface area contributed by atoms with Crippen LogP contribution >= 0.6 is 0 Å². The summed E-state index contributed by atoms with van der Waals surface area (Å²) in [5.74, 6) is -4.40. The fourth-order valence-corrected chi connectivity index (χ4v) is 4.07. The largest absolute Gasteiger partial charge is 0.478 e. The molecule has 1 aliphatic carbocycles. The van der Waals surface area contributed by atoms with E-state index in [1.807, 2.05) is 0 Å². The SMILES string of the molecule is O=C(O)c1ccc2c(c1)CC[C@@H]2NC(=O)c1cc(C(=O)NCc2ccc(F)c(F)c2)n2nnnc2n1. The summed E-state index contributed by atoms with van der Waals surface area (Å²) in [6.07, 6.45) is 1.17. The molecule has 0 saturated carbocycles. The van der Waals surface area contributed by atoms with E-state index in [2.05, 4.69) is 31.1 Å². The average molecular weight is 493 g/mol. The fraction of sp³-hybridized carbons (Fsp3) is 0.174. The zero-order valence-electron chi connectivity index (χ0n) is 18.4. The van der Waals surface area contributed by atoms with Crippen molar-refractivity contribution in [1.82, 2.24) is 35.7 Å². The van der Waals surface area contributed by atoms with E-state index in [4.69, 9.17) is 0 Å². The van der Waals surface area contributed by atoms with Crippen molar-refractivity contribution < 1.29 is 28.3 Å². The van der Waals surface area contributed by atoms with Crippen molar-refractivity contribution in [2.24, 2.45) is 0 Å². The van der Waals surface area contributed by atoms with E-state index in [1.165, 1.54) is 18.2 Å². The topological polar surface area (TPSA) is 151 Å². The highest BCUT2D eigenvalue weighted by molar-refractivity contribution is 5.98. The maximum atomic E-state index is 13.5. The maximum absolute atomic E-state index is 13.5. The number of carboxylic acids is 1. The zero-order valence-corrected chi connectivity index (χ0v) is 18.4. The highest BCUT2D eigenvalue weighted by Gasteiger charge is 2.27. The Labute approximate surface area is 201 Å². The Morgan fingerprint density at radius 1 is 1.06 bits per heavy atom. The van der Waals surface area contributed by atoms with Gasteiger partial charge >= 0.3 is 5.97 Å². The molecule has 182 valence electrons. The first-order valence-electron chi connectivity index (χ1n) is 10.8. The molecule has 4 aromatic rings. The summed E-state index contributed by atoms with van der Waals surface area (Å²) in [6.45, 7) is -0.110. The molecule has 0 unspecified atom stereocenters. The second-order valence-corrected chi connectivity index (χ2v) is 8.13. The number of hydrogen-bond acceptors (Lipinski definition) is 7. The van der Waals surface area contributed by atoms with Gasteiger partial charge in [0.2, 0.25) is 0 Å². The van der Waals surface area contributed by atoms with E-state index < -0.39 is 29.4 Å². The van der Waals surface area contributed by atoms with E-state index in [1.54, 1.807) is 12.1 Å². The van der Waals surface area contributed by atoms with Gasteiger partial charge in [0.1, 0.15) is 11.4 Å². The highest BCUT2D eigenvalue weighted by atomic mass is 19.2. The molecule has 0 bridgehead atoms. The minimum atomic E-state index is -1.04. The van der Waals surface area contributed by atoms with E-state index in [9.17, 15) is 28.3 Å². The molecule has 13 heteroatoms. The summed E-state index contributed by atoms with van der Waals surface area (Å²) in [6, 6.07) is 8.85. The first-order valence-corrected chi connectivity index (χ1v) is 10.8. The van der Waals surface area contributed by atoms with Crippen LogP contribution in [0.25, 0.3) is 5.78 Å². The van der Waals surface area contributed by atoms with Crippen LogP contribution in [0, 0.1) is 11.6 Å². The summed E-state index contributed by atoms with van der Waals surface area (Å²) in [7, 11) is 0. The number of rotatable bonds is 6. The van der Waals surface area contributed by atoms with Crippen LogP contribution in [0.4, 0.5) is 8.78 Å². The molecular formula is C23H17F2N7O4. The number of aromatic nitrogens is 5. The number of nitrogens with one attached hydrogen (secondary N) is 2. The second-order valence-electron chi connectivity index (χ2n) is 8.13. The van der Waals surface area contributed by atoms with Gasteiger partial charge in [0.25, 0.3) is 17.6 Å². The number of nitrogens with zero attached hydrogens (tertiary/aromatic N) is 5. The third-order valence-electron chi connectivity index (χ3n) is 5.85. The summed E-state index contributed by atoms with van der Waals surface area (Å²) in [5, 5.41) is 25.5. The molecule has 36 heavy (non-hydrogen) atoms. The molecule has 0 fully saturated rings. The molecule has 5 rings (SSSR count). The summed E-state index contributed by atoms with van der Waals surface area (Å²) < 4.78 is 27.6. The lowest BCUT2D eigenvalue weighted by atomic mass is 10.0. The van der Waals surface area contributed by atoms with Crippen LogP contribution in [0.15, 0.2) is 42.5 Å². The predicted molar refractivity (Wildman–Crippen MR) is 118 cm³/mol. The van der Waals surface area contributed by atoms with Crippen molar-refractivity contribution in [3.63, 3.8) is 0 Å². The van der Waals surface area contributed by atoms with Gasteiger partial charge in [-0.15, -0.1) is 0 Å². The van der Waals surface area contributed by atoms with E-state index in [0.29, 0.717) is 18.4 Å². The van der Waals surface area contributed by atoms with Gasteiger partial charge in [-0.25, -0.2) is 18.6 Å². The molecule has 1 atom stereocenters. The number of hydrogen-bond donors (Lipinski definition) is 3. The summed E-state index contributed by atoms with van der Waals surface area (Å²) >= 11 is 0. The summed E-state index contributed by atoms with van der Waals surface area (Å²) in [5.41, 5.74) is 1.95. The first kappa shape index (κ1) is 23.0. The Morgan fingerprint density at radius 3 is 2.67 bits per heavy atom. The predicted octanol–water partition coefficient (Wildman–Crippen LogP) is 1.84. The molecule has 3 N–H and O–H groups in total. The number of fused-ring (bicyclic) bond motifs is 2. The second kappa shape index (κ2) is 9.09. The molecule has 2 aromatic carbocycles. The van der Waals surface area contributed by atoms with Gasteiger partial charge in [-0.2, -0.15) is 4.52 Å². The number of carbonyl (C=O) groups excluding carboxylic acids is 2. The van der Waals surface area contributed by atoms with Crippen LogP contribution in [-0.4, -0.2) is 47.9 Å². The lowest BCUT2D eigenvalue weighted by molar-refractivity contribution is 0.0696. The Bertz CT molecular complexity index is 1540. The molecule has 2 amide bonds. The average Bonchev–Trinajstić information content (AvgIpc) is 3.50. The number of aryl methyl sites for hydroxylation is 1. The number of carbonyl (C=O) groups is 3. The van der Waals surface area contributed by atoms with Gasteiger partial charge < -0.3 is 15.7 Å². The van der Waals surface area contributed by atoms with Gasteiger partial charge in [-0.05, 0) is 64.2 Å². The van der Waals surface area contributed by atoms with Crippen molar-refractivity contribution in [2.45, 2.75) is 25.4 Å². The minimum Gasteiger partial charge on any atom is -0.478 e. The van der Waals surface area contributed by atoms with Gasteiger partial charge in [-0.3, -0.25) is 9.59 Å². The van der Waals surface area contributed by atoms with Gasteiger partial charge in [0.15, 0.2) is 11.6 Å². The number of amides is 2. The number of carboxylic acid groups (broad SMARTS) is 1. The van der Waals surface area contributed by atoms with Gasteiger partial charge in [0.05, 0.1) is 11.6 Å². The van der Waals surface area contributed by atoms with Crippen molar-refractivity contribution >= 4 is 23.6 Å². The monoisotopic (exact) mass is 493 g/mol. The first-order chi connectivity index (χ1) is 17.3. The molecule has 0 aliphatic heterocycles. The Morgan fingerprint density at radius 2 is 1.89 bits per heavy atom. The Hall–Kier alpha value is -4.81. The van der Waals surface area contributed by atoms with Crippen LogP contribution in [0.1, 0.15) is 60.5 Å². The van der Waals surface area contributed by atoms with E-state index in [0.717, 1.165) is 27.8 Å². The molecule has 11 nitrogen and oxygen atoms in total. The van der Waals surface area contributed by atoms with E-state index in [-0.39, 0.29) is 35.3 Å². The fourth-order valence-electron chi connectivity index (χ4n) is 4.07. The molecule has 2 heterocycles. The molecule has 2 aromatic heterocycles. The quantitative estimate of drug-likeness (QED) is 0.368. The molecule has 0 radical (unpaired) electrons. The lowest BCUT2D eigenvalue weighted by Gasteiger charge is -2.14. The van der Waals surface area contributed by atoms with Gasteiger partial charge in [-0.1, -0.05) is 17.2 Å². The van der Waals surface area contributed by atoms with Crippen LogP contribution < -0.4 is 10.6 Å². The molecular weight excluding hydrogens is 476 g/mol. The van der Waals surface area contributed by atoms with Crippen molar-refractivity contribution in [1.29, 1.82) is 0 Å². The Kier molecular flexibility index (Phi) is 5.80. The Balaban J connectivity index is 1.36. The van der Waals surface area contributed by atoms with Crippen LogP contribution in [0.5, 0.6) is 0 Å². The normalized spacial score (nSPS) is 14.4. The number of tetrazole rings is 1. The maximum Gasteiger partial charge on any atom is 0.335 e. The van der Waals surface area contributed by atoms with Crippen LogP contribution in [0.3, 0.4) is 0 Å². The highest BCUT2D eigenvalue weighted by Crippen LogP contribution is 2.32. The molecule has 0 spiro atoms. The third kappa shape index (κ3) is 4.33. The summed E-state index contributed by atoms with van der Waals surface area (Å²) in [4.78, 5) is 41.2. The smallest absolute Gasteiger partial charge is 0.335 e. The number of halogens is 2. The standard InChI is InChI=1S/C23H17F2N7O4/c24-15-5-1-11(7-16(15)25)10-26-21(34)19-9-18(28-23-29-30-31-32(19)23)20(33)27-17-6-3-12-8-13(22(35)36)2-4-14(12)17/h1-2,4-5,7-9,17H,3,6,10H2,(H,26,34)(H,27,33)(H,35,36)/t17-/m0/s1. The van der Waals surface area contributed by atoms with Crippen molar-refractivity contribution in [3.8, 4) is 0 Å². The number of aromatic carboxylic acids is 1. The van der Waals surface area contributed by atoms with E-state index >= 15 is 0 Å².